The summed E-state index contributed by atoms with van der Waals surface area (Å²) in [5.41, 5.74) is 0.640. The minimum Gasteiger partial charge on any atom is -0.393 e. The molecule has 1 fully saturated rings. The molecule has 2 N–H and O–H groups in total. The van der Waals surface area contributed by atoms with Crippen molar-refractivity contribution < 1.29 is 10.0 Å². The van der Waals surface area contributed by atoms with E-state index in [1.54, 1.807) is 13.0 Å². The fourth-order valence-electron chi connectivity index (χ4n) is 2.32. The molecule has 0 bridgehead atoms. The summed E-state index contributed by atoms with van der Waals surface area (Å²) in [4.78, 5) is 14.2. The molecule has 1 aliphatic carbocycles. The average molecular weight is 251 g/mol. The van der Waals surface area contributed by atoms with E-state index in [4.69, 9.17) is 0 Å². The number of hydrogen-bond donors (Lipinski definition) is 2. The lowest BCUT2D eigenvalue weighted by atomic mass is 10.1. The predicted octanol–water partition coefficient (Wildman–Crippen LogP) is 1.87. The Morgan fingerprint density at radius 1 is 1.61 bits per heavy atom. The van der Waals surface area contributed by atoms with Gasteiger partial charge in [-0.25, -0.2) is 4.98 Å². The lowest BCUT2D eigenvalue weighted by Gasteiger charge is -2.11. The molecule has 18 heavy (non-hydrogen) atoms. The van der Waals surface area contributed by atoms with Gasteiger partial charge in [0, 0.05) is 12.1 Å². The van der Waals surface area contributed by atoms with Crippen molar-refractivity contribution in [1.29, 1.82) is 0 Å². The first-order chi connectivity index (χ1) is 8.56. The van der Waals surface area contributed by atoms with Crippen LogP contribution in [0.3, 0.4) is 0 Å². The van der Waals surface area contributed by atoms with Gasteiger partial charge in [-0.05, 0) is 38.2 Å². The van der Waals surface area contributed by atoms with Crippen molar-refractivity contribution in [3.05, 3.63) is 27.9 Å². The minimum absolute atomic E-state index is 0.0387. The van der Waals surface area contributed by atoms with Gasteiger partial charge in [-0.2, -0.15) is 0 Å². The van der Waals surface area contributed by atoms with Crippen molar-refractivity contribution in [2.75, 3.05) is 11.9 Å². The second-order valence-corrected chi connectivity index (χ2v) is 4.83. The zero-order valence-corrected chi connectivity index (χ0v) is 10.3. The first-order valence-corrected chi connectivity index (χ1v) is 6.09. The molecule has 2 atom stereocenters. The Hall–Kier alpha value is -1.69. The lowest BCUT2D eigenvalue weighted by molar-refractivity contribution is -0.385. The van der Waals surface area contributed by atoms with Gasteiger partial charge in [0.2, 0.25) is 0 Å². The molecule has 0 spiro atoms. The van der Waals surface area contributed by atoms with Gasteiger partial charge in [-0.3, -0.25) is 10.1 Å². The number of rotatable bonds is 4. The maximum absolute atomic E-state index is 10.7. The first-order valence-electron chi connectivity index (χ1n) is 6.09. The molecule has 6 heteroatoms. The van der Waals surface area contributed by atoms with Crippen LogP contribution in [0.15, 0.2) is 12.3 Å². The molecule has 98 valence electrons. The fourth-order valence-corrected chi connectivity index (χ4v) is 2.32. The number of hydrogen-bond acceptors (Lipinski definition) is 5. The van der Waals surface area contributed by atoms with E-state index >= 15 is 0 Å². The molecule has 1 aromatic rings. The van der Waals surface area contributed by atoms with Gasteiger partial charge < -0.3 is 10.4 Å². The van der Waals surface area contributed by atoms with Crippen LogP contribution < -0.4 is 5.32 Å². The van der Waals surface area contributed by atoms with Crippen molar-refractivity contribution in [3.63, 3.8) is 0 Å². The van der Waals surface area contributed by atoms with Crippen LogP contribution in [0.25, 0.3) is 0 Å². The summed E-state index contributed by atoms with van der Waals surface area (Å²) in [6.45, 7) is 2.45. The number of aliphatic hydroxyl groups is 1. The Balaban J connectivity index is 1.94. The predicted molar refractivity (Wildman–Crippen MR) is 67.5 cm³/mol. The van der Waals surface area contributed by atoms with E-state index in [9.17, 15) is 15.2 Å². The first kappa shape index (κ1) is 12.8. The second kappa shape index (κ2) is 5.30. The summed E-state index contributed by atoms with van der Waals surface area (Å²) in [7, 11) is 0. The van der Waals surface area contributed by atoms with Gasteiger partial charge in [-0.15, -0.1) is 0 Å². The number of aliphatic hydroxyl groups excluding tert-OH is 1. The largest absolute Gasteiger partial charge is 0.393 e. The third-order valence-electron chi connectivity index (χ3n) is 3.37. The summed E-state index contributed by atoms with van der Waals surface area (Å²) in [5, 5.41) is 23.2. The number of aromatic nitrogens is 1. The van der Waals surface area contributed by atoms with Crippen LogP contribution in [-0.4, -0.2) is 27.7 Å². The highest BCUT2D eigenvalue weighted by Gasteiger charge is 2.22. The van der Waals surface area contributed by atoms with E-state index in [1.807, 2.05) is 0 Å². The van der Waals surface area contributed by atoms with Crippen molar-refractivity contribution in [1.82, 2.24) is 4.98 Å². The Morgan fingerprint density at radius 3 is 2.94 bits per heavy atom. The van der Waals surface area contributed by atoms with E-state index in [2.05, 4.69) is 10.3 Å². The Kier molecular flexibility index (Phi) is 3.76. The zero-order chi connectivity index (χ0) is 13.1. The third kappa shape index (κ3) is 2.95. The van der Waals surface area contributed by atoms with E-state index < -0.39 is 4.92 Å². The van der Waals surface area contributed by atoms with Crippen molar-refractivity contribution in [2.45, 2.75) is 32.3 Å². The lowest BCUT2D eigenvalue weighted by Crippen LogP contribution is -2.13. The minimum atomic E-state index is -0.431. The van der Waals surface area contributed by atoms with Gasteiger partial charge in [0.1, 0.15) is 12.0 Å². The number of pyridine rings is 1. The zero-order valence-electron chi connectivity index (χ0n) is 10.3. The van der Waals surface area contributed by atoms with E-state index in [0.29, 0.717) is 17.3 Å². The second-order valence-electron chi connectivity index (χ2n) is 4.83. The van der Waals surface area contributed by atoms with Crippen molar-refractivity contribution in [3.8, 4) is 0 Å². The molecule has 1 aliphatic rings. The van der Waals surface area contributed by atoms with Crippen LogP contribution >= 0.6 is 0 Å². The molecule has 0 radical (unpaired) electrons. The molecular formula is C12H17N3O3. The summed E-state index contributed by atoms with van der Waals surface area (Å²) in [6, 6.07) is 1.68. The van der Waals surface area contributed by atoms with Crippen LogP contribution in [0.5, 0.6) is 0 Å². The highest BCUT2D eigenvalue weighted by molar-refractivity contribution is 5.46. The smallest absolute Gasteiger partial charge is 0.290 e. The molecule has 2 rings (SSSR count). The van der Waals surface area contributed by atoms with E-state index in [0.717, 1.165) is 25.8 Å². The van der Waals surface area contributed by atoms with Gasteiger partial charge >= 0.3 is 0 Å². The highest BCUT2D eigenvalue weighted by Crippen LogP contribution is 2.26. The molecule has 0 aromatic carbocycles. The molecule has 6 nitrogen and oxygen atoms in total. The van der Waals surface area contributed by atoms with E-state index in [-0.39, 0.29) is 11.8 Å². The number of nitrogens with one attached hydrogen (secondary N) is 1. The standard InChI is InChI=1S/C12H17N3O3/c1-8-4-12(14-7-11(8)15(17)18)13-6-9-2-3-10(16)5-9/h4,7,9-10,16H,2-3,5-6H2,1H3,(H,13,14). The van der Waals surface area contributed by atoms with Gasteiger partial charge in [-0.1, -0.05) is 0 Å². The molecule has 1 heterocycles. The summed E-state index contributed by atoms with van der Waals surface area (Å²) in [5.74, 6) is 1.11. The Labute approximate surface area is 105 Å². The van der Waals surface area contributed by atoms with Crippen LogP contribution in [0, 0.1) is 23.0 Å². The summed E-state index contributed by atoms with van der Waals surface area (Å²) >= 11 is 0. The number of anilines is 1. The summed E-state index contributed by atoms with van der Waals surface area (Å²) < 4.78 is 0. The third-order valence-corrected chi connectivity index (χ3v) is 3.37. The molecule has 1 saturated carbocycles. The molecule has 0 saturated heterocycles. The topological polar surface area (TPSA) is 88.3 Å². The average Bonchev–Trinajstić information content (AvgIpc) is 2.72. The van der Waals surface area contributed by atoms with Gasteiger partial charge in [0.25, 0.3) is 5.69 Å². The van der Waals surface area contributed by atoms with Crippen molar-refractivity contribution >= 4 is 11.5 Å². The van der Waals surface area contributed by atoms with Gasteiger partial charge in [0.05, 0.1) is 11.0 Å². The van der Waals surface area contributed by atoms with E-state index in [1.165, 1.54) is 6.20 Å². The Bertz CT molecular complexity index is 450. The maximum atomic E-state index is 10.7. The summed E-state index contributed by atoms with van der Waals surface area (Å²) in [6.07, 6.45) is 3.79. The SMILES string of the molecule is Cc1cc(NCC2CCC(O)C2)ncc1[N+](=O)[O-]. The van der Waals surface area contributed by atoms with Crippen LogP contribution in [0.2, 0.25) is 0 Å². The van der Waals surface area contributed by atoms with Crippen LogP contribution in [0.4, 0.5) is 11.5 Å². The molecule has 1 aromatic heterocycles. The maximum Gasteiger partial charge on any atom is 0.290 e. The number of nitro groups is 1. The Morgan fingerprint density at radius 2 is 2.39 bits per heavy atom. The van der Waals surface area contributed by atoms with Gasteiger partial charge in [0.15, 0.2) is 0 Å². The monoisotopic (exact) mass is 251 g/mol. The fraction of sp³-hybridized carbons (Fsp3) is 0.583. The quantitative estimate of drug-likeness (QED) is 0.630. The molecule has 0 aliphatic heterocycles. The normalized spacial score (nSPS) is 23.0. The number of nitrogens with zero attached hydrogens (tertiary/aromatic N) is 2. The molecular weight excluding hydrogens is 234 g/mol. The highest BCUT2D eigenvalue weighted by atomic mass is 16.6. The number of aryl methyl sites for hydroxylation is 1. The molecule has 0 amide bonds. The molecule has 2 unspecified atom stereocenters. The van der Waals surface area contributed by atoms with Crippen LogP contribution in [0.1, 0.15) is 24.8 Å². The van der Waals surface area contributed by atoms with Crippen LogP contribution in [-0.2, 0) is 0 Å². The van der Waals surface area contributed by atoms with Crippen molar-refractivity contribution in [2.24, 2.45) is 5.92 Å².